The van der Waals surface area contributed by atoms with Crippen molar-refractivity contribution in [2.75, 3.05) is 30.4 Å². The lowest BCUT2D eigenvalue weighted by Crippen LogP contribution is -2.58. The molecule has 35 heavy (non-hydrogen) atoms. The number of morpholine rings is 1. The fraction of sp³-hybridized carbons (Fsp3) is 0.583. The van der Waals surface area contributed by atoms with Gasteiger partial charge in [-0.15, -0.1) is 11.3 Å². The van der Waals surface area contributed by atoms with Crippen LogP contribution in [0.1, 0.15) is 44.2 Å². The van der Waals surface area contributed by atoms with E-state index < -0.39 is 0 Å². The Hall–Kier alpha value is -2.76. The van der Waals surface area contributed by atoms with E-state index in [2.05, 4.69) is 31.0 Å². The van der Waals surface area contributed by atoms with Gasteiger partial charge in [0.05, 0.1) is 18.6 Å². The van der Waals surface area contributed by atoms with Gasteiger partial charge < -0.3 is 25.6 Å². The Balaban J connectivity index is 1.16. The van der Waals surface area contributed by atoms with Gasteiger partial charge in [0.15, 0.2) is 5.82 Å². The van der Waals surface area contributed by atoms with Crippen LogP contribution in [0.4, 0.5) is 17.6 Å². The van der Waals surface area contributed by atoms with Crippen LogP contribution in [-0.2, 0) is 9.53 Å². The first-order chi connectivity index (χ1) is 17.1. The Labute approximate surface area is 208 Å². The first kappa shape index (κ1) is 22.7. The number of rotatable bonds is 6. The minimum Gasteiger partial charge on any atom is -0.378 e. The fourth-order valence-electron chi connectivity index (χ4n) is 5.77. The molecule has 0 aromatic carbocycles. The zero-order valence-corrected chi connectivity index (χ0v) is 20.7. The number of piperidine rings is 2. The summed E-state index contributed by atoms with van der Waals surface area (Å²) in [5, 5.41) is 20.6. The van der Waals surface area contributed by atoms with Gasteiger partial charge >= 0.3 is 0 Å². The Bertz CT molecular complexity index is 1180. The van der Waals surface area contributed by atoms with Crippen molar-refractivity contribution in [1.82, 2.24) is 30.4 Å². The summed E-state index contributed by atoms with van der Waals surface area (Å²) < 4.78 is 5.55. The van der Waals surface area contributed by atoms with Crippen molar-refractivity contribution >= 4 is 45.0 Å². The van der Waals surface area contributed by atoms with Gasteiger partial charge in [0.2, 0.25) is 11.9 Å². The van der Waals surface area contributed by atoms with E-state index in [9.17, 15) is 4.79 Å². The molecule has 6 heterocycles. The molecule has 0 spiro atoms. The lowest BCUT2D eigenvalue weighted by atomic mass is 9.81. The maximum absolute atomic E-state index is 13.3. The zero-order valence-electron chi connectivity index (χ0n) is 19.9. The zero-order chi connectivity index (χ0) is 23.8. The van der Waals surface area contributed by atoms with Crippen molar-refractivity contribution in [3.05, 3.63) is 23.2 Å². The summed E-state index contributed by atoms with van der Waals surface area (Å²) in [5.74, 6) is 2.37. The number of fused-ring (bicyclic) bond motifs is 3. The maximum atomic E-state index is 13.3. The van der Waals surface area contributed by atoms with E-state index >= 15 is 0 Å². The van der Waals surface area contributed by atoms with Gasteiger partial charge in [0, 0.05) is 48.9 Å². The normalized spacial score (nSPS) is 26.6. The molecule has 3 aliphatic heterocycles. The summed E-state index contributed by atoms with van der Waals surface area (Å²) in [6.07, 6.45) is 5.67. The molecule has 0 saturated carbocycles. The van der Waals surface area contributed by atoms with Gasteiger partial charge in [0.25, 0.3) is 0 Å². The highest BCUT2D eigenvalue weighted by Crippen LogP contribution is 2.36. The molecule has 6 rings (SSSR count). The van der Waals surface area contributed by atoms with Gasteiger partial charge in [-0.25, -0.2) is 4.98 Å². The third-order valence-electron chi connectivity index (χ3n) is 7.29. The summed E-state index contributed by atoms with van der Waals surface area (Å²) in [4.78, 5) is 26.0. The van der Waals surface area contributed by atoms with Crippen LogP contribution in [0.3, 0.4) is 0 Å². The molecular weight excluding hydrogens is 464 g/mol. The summed E-state index contributed by atoms with van der Waals surface area (Å²) in [6, 6.07) is 4.90. The molecule has 4 N–H and O–H groups in total. The average Bonchev–Trinajstić information content (AvgIpc) is 3.48. The molecule has 3 aliphatic rings. The van der Waals surface area contributed by atoms with E-state index in [1.165, 1.54) is 6.42 Å². The minimum absolute atomic E-state index is 0.128. The van der Waals surface area contributed by atoms with Crippen LogP contribution in [0, 0.1) is 6.92 Å². The summed E-state index contributed by atoms with van der Waals surface area (Å²) in [5.41, 5.74) is 0.987. The molecule has 3 aromatic rings. The number of hydrogen-bond donors (Lipinski definition) is 4. The smallest absolute Gasteiger partial charge is 0.226 e. The molecule has 1 unspecified atom stereocenters. The third kappa shape index (κ3) is 4.85. The van der Waals surface area contributed by atoms with Crippen molar-refractivity contribution in [2.24, 2.45) is 0 Å². The number of thiophene rings is 1. The number of nitrogens with zero attached hydrogens (tertiary/aromatic N) is 4. The van der Waals surface area contributed by atoms with Crippen LogP contribution in [0.2, 0.25) is 0 Å². The number of carbonyl (C=O) groups is 1. The molecule has 186 valence electrons. The number of aromatic nitrogens is 4. The molecule has 11 heteroatoms. The molecule has 2 bridgehead atoms. The Morgan fingerprint density at radius 1 is 1.29 bits per heavy atom. The standard InChI is InChI=1S/C24H32N8O2S/c1-14-9-20(31-30-14)27-22-19-5-8-35-23(19)29-24(28-22)26-15-10-17-3-2-4-18(11-15)32(17)21(33)12-16-13-34-7-6-25-16/h5,8-9,15-18,25H,2-4,6-7,10-13H2,1H3,(H3,26,27,28,29,30,31)/t15?,16-,17-,18+/m0/s1. The Kier molecular flexibility index (Phi) is 6.29. The van der Waals surface area contributed by atoms with Crippen LogP contribution >= 0.6 is 11.3 Å². The molecule has 3 saturated heterocycles. The number of anilines is 3. The molecule has 0 aliphatic carbocycles. The van der Waals surface area contributed by atoms with Gasteiger partial charge in [-0.1, -0.05) is 0 Å². The van der Waals surface area contributed by atoms with E-state index in [0.717, 1.165) is 66.4 Å². The predicted octanol–water partition coefficient (Wildman–Crippen LogP) is 3.17. The van der Waals surface area contributed by atoms with Crippen molar-refractivity contribution in [3.63, 3.8) is 0 Å². The van der Waals surface area contributed by atoms with Crippen LogP contribution in [0.15, 0.2) is 17.5 Å². The van der Waals surface area contributed by atoms with Crippen molar-refractivity contribution in [2.45, 2.75) is 69.6 Å². The number of aromatic amines is 1. The number of aryl methyl sites for hydroxylation is 1. The largest absolute Gasteiger partial charge is 0.378 e. The Morgan fingerprint density at radius 2 is 2.14 bits per heavy atom. The summed E-state index contributed by atoms with van der Waals surface area (Å²) in [6.45, 7) is 4.14. The van der Waals surface area contributed by atoms with Crippen LogP contribution in [0.5, 0.6) is 0 Å². The van der Waals surface area contributed by atoms with Crippen LogP contribution in [0.25, 0.3) is 10.2 Å². The lowest BCUT2D eigenvalue weighted by Gasteiger charge is -2.49. The SMILES string of the molecule is Cc1cc(Nc2nc(NC3C[C@H]4CCC[C@@H](C3)N4C(=O)C[C@H]3COCCN3)nc3sccc23)n[nH]1. The summed E-state index contributed by atoms with van der Waals surface area (Å²) in [7, 11) is 0. The number of carbonyl (C=O) groups excluding carboxylic acids is 1. The number of amides is 1. The topological polar surface area (TPSA) is 120 Å². The van der Waals surface area contributed by atoms with Crippen LogP contribution in [-0.4, -0.2) is 74.9 Å². The van der Waals surface area contributed by atoms with Crippen molar-refractivity contribution in [1.29, 1.82) is 0 Å². The molecule has 3 aromatic heterocycles. The first-order valence-electron chi connectivity index (χ1n) is 12.6. The van der Waals surface area contributed by atoms with Crippen LogP contribution < -0.4 is 16.0 Å². The Morgan fingerprint density at radius 3 is 2.89 bits per heavy atom. The third-order valence-corrected chi connectivity index (χ3v) is 8.10. The van der Waals surface area contributed by atoms with E-state index in [0.29, 0.717) is 19.0 Å². The highest BCUT2D eigenvalue weighted by Gasteiger charge is 2.41. The number of nitrogens with one attached hydrogen (secondary N) is 4. The number of ether oxygens (including phenoxy) is 1. The van der Waals surface area contributed by atoms with E-state index in [4.69, 9.17) is 14.7 Å². The second kappa shape index (κ2) is 9.71. The predicted molar refractivity (Wildman–Crippen MR) is 136 cm³/mol. The van der Waals surface area contributed by atoms with Crippen molar-refractivity contribution in [3.8, 4) is 0 Å². The van der Waals surface area contributed by atoms with E-state index in [1.54, 1.807) is 11.3 Å². The van der Waals surface area contributed by atoms with Gasteiger partial charge in [-0.3, -0.25) is 9.89 Å². The lowest BCUT2D eigenvalue weighted by molar-refractivity contribution is -0.142. The van der Waals surface area contributed by atoms with Gasteiger partial charge in [-0.05, 0) is 50.5 Å². The molecule has 3 fully saturated rings. The maximum Gasteiger partial charge on any atom is 0.226 e. The number of H-pyrrole nitrogens is 1. The number of hydrogen-bond acceptors (Lipinski definition) is 9. The molecule has 10 nitrogen and oxygen atoms in total. The van der Waals surface area contributed by atoms with Gasteiger partial charge in [0.1, 0.15) is 10.6 Å². The quantitative estimate of drug-likeness (QED) is 0.411. The minimum atomic E-state index is 0.128. The molecule has 1 amide bonds. The first-order valence-corrected chi connectivity index (χ1v) is 13.4. The molecule has 4 atom stereocenters. The second-order valence-electron chi connectivity index (χ2n) is 9.88. The monoisotopic (exact) mass is 496 g/mol. The van der Waals surface area contributed by atoms with E-state index in [1.807, 2.05) is 24.4 Å². The second-order valence-corrected chi connectivity index (χ2v) is 10.8. The fourth-order valence-corrected chi connectivity index (χ4v) is 6.54. The van der Waals surface area contributed by atoms with Gasteiger partial charge in [-0.2, -0.15) is 10.1 Å². The highest BCUT2D eigenvalue weighted by atomic mass is 32.1. The van der Waals surface area contributed by atoms with E-state index in [-0.39, 0.29) is 30.1 Å². The average molecular weight is 497 g/mol. The highest BCUT2D eigenvalue weighted by molar-refractivity contribution is 7.16. The summed E-state index contributed by atoms with van der Waals surface area (Å²) >= 11 is 1.60. The molecular formula is C24H32N8O2S. The molecule has 0 radical (unpaired) electrons. The van der Waals surface area contributed by atoms with Crippen molar-refractivity contribution < 1.29 is 9.53 Å².